The Morgan fingerprint density at radius 2 is 1.88 bits per heavy atom. The fourth-order valence-corrected chi connectivity index (χ4v) is 5.96. The van der Waals surface area contributed by atoms with Gasteiger partial charge in [0.05, 0.1) is 11.5 Å². The van der Waals surface area contributed by atoms with Gasteiger partial charge in [-0.15, -0.1) is 0 Å². The average Bonchev–Trinajstić information content (AvgIpc) is 2.85. The van der Waals surface area contributed by atoms with Gasteiger partial charge in [-0.2, -0.15) is 4.31 Å². The van der Waals surface area contributed by atoms with Crippen LogP contribution in [-0.4, -0.2) is 57.0 Å². The summed E-state index contributed by atoms with van der Waals surface area (Å²) in [7, 11) is -1.98. The number of nitrogens with zero attached hydrogens (tertiary/aromatic N) is 2. The molecule has 1 fully saturated rings. The zero-order chi connectivity index (χ0) is 23.3. The van der Waals surface area contributed by atoms with Gasteiger partial charge >= 0.3 is 0 Å². The SMILES string of the molecule is COCCOc1ncccc1NC(=O)C1CCN(S(=O)(=O)c2ccc3c(c2)CCCC3)CC1. The summed E-state index contributed by atoms with van der Waals surface area (Å²) in [6.45, 7) is 1.39. The Bertz CT molecular complexity index is 1080. The number of carbonyl (C=O) groups excluding carboxylic acids is 1. The molecule has 0 bridgehead atoms. The quantitative estimate of drug-likeness (QED) is 0.592. The molecule has 1 aliphatic heterocycles. The minimum atomic E-state index is -3.56. The van der Waals surface area contributed by atoms with Crippen molar-refractivity contribution in [3.8, 4) is 5.88 Å². The predicted molar refractivity (Wildman–Crippen MR) is 125 cm³/mol. The summed E-state index contributed by atoms with van der Waals surface area (Å²) in [5.41, 5.74) is 2.91. The number of ether oxygens (including phenoxy) is 2. The van der Waals surface area contributed by atoms with Crippen molar-refractivity contribution in [1.82, 2.24) is 9.29 Å². The minimum Gasteiger partial charge on any atom is -0.474 e. The van der Waals surface area contributed by atoms with Gasteiger partial charge in [0.1, 0.15) is 12.3 Å². The maximum atomic E-state index is 13.2. The van der Waals surface area contributed by atoms with Crippen LogP contribution in [0.1, 0.15) is 36.8 Å². The van der Waals surface area contributed by atoms with Crippen molar-refractivity contribution in [2.75, 3.05) is 38.7 Å². The smallest absolute Gasteiger partial charge is 0.243 e. The number of sulfonamides is 1. The number of rotatable bonds is 8. The normalized spacial score (nSPS) is 17.4. The maximum absolute atomic E-state index is 13.2. The first kappa shape index (κ1) is 23.7. The van der Waals surface area contributed by atoms with Gasteiger partial charge in [0.2, 0.25) is 21.8 Å². The van der Waals surface area contributed by atoms with E-state index in [-0.39, 0.29) is 11.8 Å². The summed E-state index contributed by atoms with van der Waals surface area (Å²) in [6.07, 6.45) is 6.76. The first-order valence-electron chi connectivity index (χ1n) is 11.5. The molecule has 1 aliphatic carbocycles. The Kier molecular flexibility index (Phi) is 7.62. The minimum absolute atomic E-state index is 0.148. The summed E-state index contributed by atoms with van der Waals surface area (Å²) in [4.78, 5) is 17.4. The van der Waals surface area contributed by atoms with E-state index in [0.29, 0.717) is 55.6 Å². The zero-order valence-electron chi connectivity index (χ0n) is 19.0. The van der Waals surface area contributed by atoms with Crippen molar-refractivity contribution in [3.63, 3.8) is 0 Å². The number of aryl methyl sites for hydroxylation is 2. The second-order valence-electron chi connectivity index (χ2n) is 8.50. The molecule has 2 aliphatic rings. The fourth-order valence-electron chi connectivity index (χ4n) is 4.44. The predicted octanol–water partition coefficient (Wildman–Crippen LogP) is 3.03. The first-order valence-corrected chi connectivity index (χ1v) is 12.9. The van der Waals surface area contributed by atoms with Gasteiger partial charge in [-0.25, -0.2) is 13.4 Å². The fraction of sp³-hybridized carbons (Fsp3) is 0.500. The molecule has 0 unspecified atom stereocenters. The van der Waals surface area contributed by atoms with Gasteiger partial charge in [-0.05, 0) is 73.9 Å². The Hall–Kier alpha value is -2.49. The van der Waals surface area contributed by atoms with Gasteiger partial charge < -0.3 is 14.8 Å². The van der Waals surface area contributed by atoms with Crippen molar-refractivity contribution in [1.29, 1.82) is 0 Å². The lowest BCUT2D eigenvalue weighted by Crippen LogP contribution is -2.41. The highest BCUT2D eigenvalue weighted by Crippen LogP contribution is 2.29. The molecule has 1 amide bonds. The van der Waals surface area contributed by atoms with E-state index in [1.165, 1.54) is 9.87 Å². The summed E-state index contributed by atoms with van der Waals surface area (Å²) in [5.74, 6) is -0.0762. The Morgan fingerprint density at radius 1 is 1.12 bits per heavy atom. The molecule has 0 radical (unpaired) electrons. The number of benzene rings is 1. The van der Waals surface area contributed by atoms with Crippen LogP contribution in [0, 0.1) is 5.92 Å². The van der Waals surface area contributed by atoms with Gasteiger partial charge in [-0.1, -0.05) is 6.07 Å². The molecule has 1 aromatic carbocycles. The van der Waals surface area contributed by atoms with E-state index in [4.69, 9.17) is 9.47 Å². The molecule has 9 heteroatoms. The zero-order valence-corrected chi connectivity index (χ0v) is 19.8. The Labute approximate surface area is 195 Å². The molecular weight excluding hydrogens is 442 g/mol. The van der Waals surface area contributed by atoms with Crippen LogP contribution in [-0.2, 0) is 32.4 Å². The molecule has 1 aromatic heterocycles. The summed E-state index contributed by atoms with van der Waals surface area (Å²) >= 11 is 0. The lowest BCUT2D eigenvalue weighted by molar-refractivity contribution is -0.120. The van der Waals surface area contributed by atoms with Crippen molar-refractivity contribution >= 4 is 21.6 Å². The van der Waals surface area contributed by atoms with E-state index in [1.807, 2.05) is 12.1 Å². The molecule has 1 N–H and O–H groups in total. The van der Waals surface area contributed by atoms with Crippen molar-refractivity contribution in [2.45, 2.75) is 43.4 Å². The van der Waals surface area contributed by atoms with Crippen molar-refractivity contribution in [3.05, 3.63) is 47.7 Å². The third kappa shape index (κ3) is 5.54. The lowest BCUT2D eigenvalue weighted by Gasteiger charge is -2.31. The van der Waals surface area contributed by atoms with E-state index in [0.717, 1.165) is 31.2 Å². The monoisotopic (exact) mass is 473 g/mol. The second kappa shape index (κ2) is 10.6. The average molecular weight is 474 g/mol. The number of fused-ring (bicyclic) bond motifs is 1. The number of anilines is 1. The largest absolute Gasteiger partial charge is 0.474 e. The number of piperidine rings is 1. The number of pyridine rings is 1. The van der Waals surface area contributed by atoms with Crippen LogP contribution < -0.4 is 10.1 Å². The first-order chi connectivity index (χ1) is 16.0. The van der Waals surface area contributed by atoms with Crippen LogP contribution in [0.25, 0.3) is 0 Å². The highest BCUT2D eigenvalue weighted by Gasteiger charge is 2.32. The molecule has 0 spiro atoms. The van der Waals surface area contributed by atoms with Crippen molar-refractivity contribution in [2.24, 2.45) is 5.92 Å². The lowest BCUT2D eigenvalue weighted by atomic mass is 9.92. The number of methoxy groups -OCH3 is 1. The van der Waals surface area contributed by atoms with Crippen LogP contribution in [0.2, 0.25) is 0 Å². The summed E-state index contributed by atoms with van der Waals surface area (Å²) in [5, 5.41) is 2.89. The number of nitrogens with one attached hydrogen (secondary N) is 1. The molecule has 178 valence electrons. The van der Waals surface area contributed by atoms with Gasteiger partial charge in [0, 0.05) is 32.3 Å². The maximum Gasteiger partial charge on any atom is 0.243 e. The van der Waals surface area contributed by atoms with Crippen LogP contribution in [0.4, 0.5) is 5.69 Å². The molecule has 1 saturated heterocycles. The molecule has 0 atom stereocenters. The summed E-state index contributed by atoms with van der Waals surface area (Å²) in [6, 6.07) is 9.00. The highest BCUT2D eigenvalue weighted by atomic mass is 32.2. The molecule has 4 rings (SSSR count). The molecular formula is C24H31N3O5S. The molecule has 0 saturated carbocycles. The number of aromatic nitrogens is 1. The standard InChI is InChI=1S/C24H31N3O5S/c1-31-15-16-32-24-22(7-4-12-25-24)26-23(28)19-10-13-27(14-11-19)33(29,30)21-9-8-18-5-2-3-6-20(18)17-21/h4,7-9,12,17,19H,2-3,5-6,10-11,13-16H2,1H3,(H,26,28). The molecule has 2 heterocycles. The van der Waals surface area contributed by atoms with E-state index < -0.39 is 10.0 Å². The molecule has 2 aromatic rings. The Morgan fingerprint density at radius 3 is 2.64 bits per heavy atom. The number of carbonyl (C=O) groups is 1. The van der Waals surface area contributed by atoms with E-state index in [2.05, 4.69) is 10.3 Å². The van der Waals surface area contributed by atoms with Crippen LogP contribution in [0.3, 0.4) is 0 Å². The van der Waals surface area contributed by atoms with Gasteiger partial charge in [-0.3, -0.25) is 4.79 Å². The van der Waals surface area contributed by atoms with Crippen LogP contribution in [0.5, 0.6) is 5.88 Å². The Balaban J connectivity index is 1.36. The number of hydrogen-bond donors (Lipinski definition) is 1. The van der Waals surface area contributed by atoms with Gasteiger partial charge in [0.15, 0.2) is 0 Å². The molecule has 33 heavy (non-hydrogen) atoms. The van der Waals surface area contributed by atoms with E-state index in [1.54, 1.807) is 31.5 Å². The third-order valence-electron chi connectivity index (χ3n) is 6.34. The third-order valence-corrected chi connectivity index (χ3v) is 8.23. The highest BCUT2D eigenvalue weighted by molar-refractivity contribution is 7.89. The number of amides is 1. The topological polar surface area (TPSA) is 97.8 Å². The van der Waals surface area contributed by atoms with Gasteiger partial charge in [0.25, 0.3) is 0 Å². The second-order valence-corrected chi connectivity index (χ2v) is 10.4. The molecule has 8 nitrogen and oxygen atoms in total. The van der Waals surface area contributed by atoms with Crippen molar-refractivity contribution < 1.29 is 22.7 Å². The van der Waals surface area contributed by atoms with E-state index in [9.17, 15) is 13.2 Å². The number of hydrogen-bond acceptors (Lipinski definition) is 6. The summed E-state index contributed by atoms with van der Waals surface area (Å²) < 4.78 is 38.5. The van der Waals surface area contributed by atoms with Crippen LogP contribution >= 0.6 is 0 Å². The van der Waals surface area contributed by atoms with E-state index >= 15 is 0 Å². The van der Waals surface area contributed by atoms with Crippen LogP contribution in [0.15, 0.2) is 41.4 Å².